The quantitative estimate of drug-likeness (QED) is 0.658. The Morgan fingerprint density at radius 3 is 2.71 bits per heavy atom. The second-order valence-corrected chi connectivity index (χ2v) is 4.60. The van der Waals surface area contributed by atoms with Crippen molar-refractivity contribution in [3.8, 4) is 0 Å². The molecule has 0 aliphatic carbocycles. The number of amides is 1. The van der Waals surface area contributed by atoms with E-state index in [4.69, 9.17) is 4.74 Å². The molecule has 1 amide bonds. The number of benzene rings is 1. The molecule has 0 bridgehead atoms. The van der Waals surface area contributed by atoms with Gasteiger partial charge in [-0.25, -0.2) is 0 Å². The molecule has 0 atom stereocenters. The van der Waals surface area contributed by atoms with Gasteiger partial charge < -0.3 is 10.1 Å². The van der Waals surface area contributed by atoms with E-state index < -0.39 is 0 Å². The fourth-order valence-electron chi connectivity index (χ4n) is 1.17. The van der Waals surface area contributed by atoms with Crippen LogP contribution in [0.4, 0.5) is 5.69 Å². The van der Waals surface area contributed by atoms with Crippen LogP contribution in [0, 0.1) is 3.57 Å². The first kappa shape index (κ1) is 14.0. The van der Waals surface area contributed by atoms with Gasteiger partial charge in [-0.3, -0.25) is 9.59 Å². The summed E-state index contributed by atoms with van der Waals surface area (Å²) in [6.07, 6.45) is 1.06. The fraction of sp³-hybridized carbons (Fsp3) is 0.333. The van der Waals surface area contributed by atoms with Gasteiger partial charge >= 0.3 is 5.97 Å². The highest BCUT2D eigenvalue weighted by atomic mass is 127. The van der Waals surface area contributed by atoms with Crippen LogP contribution in [0.3, 0.4) is 0 Å². The number of rotatable bonds is 5. The van der Waals surface area contributed by atoms with E-state index in [2.05, 4.69) is 27.9 Å². The molecule has 1 aromatic rings. The van der Waals surface area contributed by atoms with Gasteiger partial charge in [0.05, 0.1) is 5.69 Å². The van der Waals surface area contributed by atoms with Crippen molar-refractivity contribution in [2.75, 3.05) is 11.9 Å². The van der Waals surface area contributed by atoms with Crippen molar-refractivity contribution >= 4 is 40.2 Å². The minimum absolute atomic E-state index is 0.232. The zero-order chi connectivity index (χ0) is 12.7. The predicted octanol–water partition coefficient (Wildman–Crippen LogP) is 2.57. The molecule has 4 nitrogen and oxygen atoms in total. The Hall–Kier alpha value is -1.11. The summed E-state index contributed by atoms with van der Waals surface area (Å²) in [5, 5.41) is 2.68. The lowest BCUT2D eigenvalue weighted by atomic mass is 10.3. The lowest BCUT2D eigenvalue weighted by Crippen LogP contribution is -2.21. The summed E-state index contributed by atoms with van der Waals surface area (Å²) in [6, 6.07) is 7.41. The molecule has 0 fully saturated rings. The number of hydrogen-bond acceptors (Lipinski definition) is 3. The summed E-state index contributed by atoms with van der Waals surface area (Å²) < 4.78 is 5.75. The van der Waals surface area contributed by atoms with Crippen LogP contribution in [0.25, 0.3) is 0 Å². The number of ether oxygens (including phenoxy) is 1. The van der Waals surface area contributed by atoms with Crippen LogP contribution in [-0.2, 0) is 14.3 Å². The second kappa shape index (κ2) is 7.26. The zero-order valence-corrected chi connectivity index (χ0v) is 11.7. The maximum atomic E-state index is 11.5. The summed E-state index contributed by atoms with van der Waals surface area (Å²) in [7, 11) is 0. The average Bonchev–Trinajstić information content (AvgIpc) is 2.30. The number of hydrogen-bond donors (Lipinski definition) is 1. The van der Waals surface area contributed by atoms with Gasteiger partial charge in [-0.05, 0) is 41.1 Å². The molecule has 0 heterocycles. The normalized spacial score (nSPS) is 9.76. The topological polar surface area (TPSA) is 55.4 Å². The monoisotopic (exact) mass is 347 g/mol. The highest BCUT2D eigenvalue weighted by Crippen LogP contribution is 2.16. The van der Waals surface area contributed by atoms with Gasteiger partial charge in [-0.15, -0.1) is 0 Å². The first-order valence-corrected chi connectivity index (χ1v) is 6.41. The van der Waals surface area contributed by atoms with Crippen LogP contribution in [0.15, 0.2) is 24.3 Å². The van der Waals surface area contributed by atoms with E-state index in [-0.39, 0.29) is 18.5 Å². The predicted molar refractivity (Wildman–Crippen MR) is 73.7 cm³/mol. The number of esters is 1. The smallest absolute Gasteiger partial charge is 0.306 e. The molecule has 0 radical (unpaired) electrons. The third kappa shape index (κ3) is 5.16. The number of halogens is 1. The summed E-state index contributed by atoms with van der Waals surface area (Å²) in [6.45, 7) is 1.65. The van der Waals surface area contributed by atoms with Gasteiger partial charge in [-0.1, -0.05) is 19.1 Å². The van der Waals surface area contributed by atoms with Crippen LogP contribution >= 0.6 is 22.6 Å². The van der Waals surface area contributed by atoms with Gasteiger partial charge in [0.2, 0.25) is 0 Å². The third-order valence-electron chi connectivity index (χ3n) is 1.97. The fourth-order valence-corrected chi connectivity index (χ4v) is 1.69. The minimum Gasteiger partial charge on any atom is -0.456 e. The number of anilines is 1. The van der Waals surface area contributed by atoms with Crippen molar-refractivity contribution in [2.45, 2.75) is 19.8 Å². The van der Waals surface area contributed by atoms with E-state index in [0.29, 0.717) is 6.42 Å². The van der Waals surface area contributed by atoms with Crippen LogP contribution in [0.1, 0.15) is 19.8 Å². The Morgan fingerprint density at radius 2 is 2.06 bits per heavy atom. The lowest BCUT2D eigenvalue weighted by molar-refractivity contribution is -0.147. The summed E-state index contributed by atoms with van der Waals surface area (Å²) >= 11 is 2.13. The number of carbonyl (C=O) groups is 2. The zero-order valence-electron chi connectivity index (χ0n) is 9.53. The van der Waals surface area contributed by atoms with Crippen LogP contribution in [0.2, 0.25) is 0 Å². The van der Waals surface area contributed by atoms with Gasteiger partial charge in [0.15, 0.2) is 6.61 Å². The molecule has 0 aliphatic heterocycles. The van der Waals surface area contributed by atoms with E-state index in [1.54, 1.807) is 6.07 Å². The molecule has 0 unspecified atom stereocenters. The first-order chi connectivity index (χ1) is 8.13. The molecule has 0 saturated heterocycles. The second-order valence-electron chi connectivity index (χ2n) is 3.44. The molecule has 0 aliphatic rings. The molecular formula is C12H14INO3. The minimum atomic E-state index is -0.342. The number of para-hydroxylation sites is 1. The summed E-state index contributed by atoms with van der Waals surface area (Å²) in [5.41, 5.74) is 0.727. The molecule has 0 spiro atoms. The molecule has 0 saturated carbocycles. The van der Waals surface area contributed by atoms with Gasteiger partial charge in [0.25, 0.3) is 5.91 Å². The van der Waals surface area contributed by atoms with Crippen molar-refractivity contribution in [3.05, 3.63) is 27.8 Å². The average molecular weight is 347 g/mol. The highest BCUT2D eigenvalue weighted by Gasteiger charge is 2.08. The van der Waals surface area contributed by atoms with Crippen molar-refractivity contribution in [2.24, 2.45) is 0 Å². The Labute approximate surface area is 114 Å². The largest absolute Gasteiger partial charge is 0.456 e. The molecule has 1 aromatic carbocycles. The molecule has 92 valence electrons. The van der Waals surface area contributed by atoms with Gasteiger partial charge in [0, 0.05) is 9.99 Å². The van der Waals surface area contributed by atoms with Crippen molar-refractivity contribution in [1.29, 1.82) is 0 Å². The number of nitrogens with one attached hydrogen (secondary N) is 1. The molecule has 1 N–H and O–H groups in total. The van der Waals surface area contributed by atoms with E-state index in [0.717, 1.165) is 15.7 Å². The molecular weight excluding hydrogens is 333 g/mol. The SMILES string of the molecule is CCCC(=O)OCC(=O)Nc1ccccc1I. The van der Waals surface area contributed by atoms with E-state index in [1.807, 2.05) is 25.1 Å². The van der Waals surface area contributed by atoms with Crippen LogP contribution < -0.4 is 5.32 Å². The maximum absolute atomic E-state index is 11.5. The molecule has 17 heavy (non-hydrogen) atoms. The standard InChI is InChI=1S/C12H14INO3/c1-2-5-12(16)17-8-11(15)14-10-7-4-3-6-9(10)13/h3-4,6-7H,2,5,8H2,1H3,(H,14,15). The Morgan fingerprint density at radius 1 is 1.35 bits per heavy atom. The first-order valence-electron chi connectivity index (χ1n) is 5.33. The lowest BCUT2D eigenvalue weighted by Gasteiger charge is -2.07. The van der Waals surface area contributed by atoms with E-state index in [9.17, 15) is 9.59 Å². The van der Waals surface area contributed by atoms with Crippen LogP contribution in [-0.4, -0.2) is 18.5 Å². The van der Waals surface area contributed by atoms with E-state index in [1.165, 1.54) is 0 Å². The summed E-state index contributed by atoms with van der Waals surface area (Å²) in [5.74, 6) is -0.663. The molecule has 1 rings (SSSR count). The van der Waals surface area contributed by atoms with Crippen molar-refractivity contribution < 1.29 is 14.3 Å². The Balaban J connectivity index is 2.40. The van der Waals surface area contributed by atoms with Crippen LogP contribution in [0.5, 0.6) is 0 Å². The van der Waals surface area contributed by atoms with Gasteiger partial charge in [-0.2, -0.15) is 0 Å². The Kier molecular flexibility index (Phi) is 5.96. The van der Waals surface area contributed by atoms with Crippen molar-refractivity contribution in [1.82, 2.24) is 0 Å². The molecule has 5 heteroatoms. The summed E-state index contributed by atoms with van der Waals surface area (Å²) in [4.78, 5) is 22.5. The molecule has 0 aromatic heterocycles. The maximum Gasteiger partial charge on any atom is 0.306 e. The number of carbonyl (C=O) groups excluding carboxylic acids is 2. The van der Waals surface area contributed by atoms with E-state index >= 15 is 0 Å². The van der Waals surface area contributed by atoms with Gasteiger partial charge in [0.1, 0.15) is 0 Å². The Bertz CT molecular complexity index is 406. The van der Waals surface area contributed by atoms with Crippen molar-refractivity contribution in [3.63, 3.8) is 0 Å². The highest BCUT2D eigenvalue weighted by molar-refractivity contribution is 14.1. The third-order valence-corrected chi connectivity index (χ3v) is 2.91.